The molecule has 0 unspecified atom stereocenters. The zero-order valence-electron chi connectivity index (χ0n) is 18.3. The molecule has 2 aromatic carbocycles. The van der Waals surface area contributed by atoms with Gasteiger partial charge < -0.3 is 9.84 Å². The van der Waals surface area contributed by atoms with Crippen LogP contribution in [0.3, 0.4) is 0 Å². The lowest BCUT2D eigenvalue weighted by molar-refractivity contribution is -0.116. The van der Waals surface area contributed by atoms with Gasteiger partial charge in [-0.3, -0.25) is 13.9 Å². The molecule has 0 saturated heterocycles. The second-order valence-electron chi connectivity index (χ2n) is 8.02. The minimum atomic E-state index is -0.269. The highest BCUT2D eigenvalue weighted by Gasteiger charge is 2.19. The van der Waals surface area contributed by atoms with Crippen LogP contribution in [-0.4, -0.2) is 25.2 Å². The molecule has 0 radical (unpaired) electrons. The molecule has 1 amide bonds. The van der Waals surface area contributed by atoms with Crippen molar-refractivity contribution in [2.45, 2.75) is 47.2 Å². The van der Waals surface area contributed by atoms with Gasteiger partial charge in [0.2, 0.25) is 17.6 Å². The highest BCUT2D eigenvalue weighted by atomic mass is 16.5. The highest BCUT2D eigenvalue weighted by molar-refractivity contribution is 5.92. The number of rotatable bonds is 5. The number of carbonyl (C=O) groups is 1. The Balaban J connectivity index is 1.74. The molecular weight excluding hydrogens is 394 g/mol. The quantitative estimate of drug-likeness (QED) is 0.528. The molecule has 4 rings (SSSR count). The maximum atomic E-state index is 13.2. The van der Waals surface area contributed by atoms with Crippen molar-refractivity contribution in [3.05, 3.63) is 63.9 Å². The first kappa shape index (κ1) is 20.6. The van der Waals surface area contributed by atoms with E-state index in [1.165, 1.54) is 4.57 Å². The lowest BCUT2D eigenvalue weighted by Gasteiger charge is -2.09. The minimum absolute atomic E-state index is 0.0580. The van der Waals surface area contributed by atoms with E-state index < -0.39 is 0 Å². The molecule has 31 heavy (non-hydrogen) atoms. The van der Waals surface area contributed by atoms with E-state index in [1.54, 1.807) is 11.5 Å². The average molecular weight is 419 g/mol. The number of carbonyl (C=O) groups excluding carboxylic acids is 1. The van der Waals surface area contributed by atoms with Crippen LogP contribution in [0.5, 0.6) is 0 Å². The molecule has 8 heteroatoms. The van der Waals surface area contributed by atoms with Crippen LogP contribution >= 0.6 is 0 Å². The van der Waals surface area contributed by atoms with Crippen LogP contribution in [0.2, 0.25) is 0 Å². The van der Waals surface area contributed by atoms with Gasteiger partial charge in [0.15, 0.2) is 0 Å². The molecule has 0 aliphatic heterocycles. The molecule has 0 bridgehead atoms. The van der Waals surface area contributed by atoms with Crippen molar-refractivity contribution in [2.24, 2.45) is 0 Å². The Kier molecular flexibility index (Phi) is 5.22. The third kappa shape index (κ3) is 3.88. The van der Waals surface area contributed by atoms with E-state index in [2.05, 4.69) is 15.5 Å². The normalized spacial score (nSPS) is 11.4. The van der Waals surface area contributed by atoms with Crippen LogP contribution in [0, 0.1) is 20.8 Å². The fourth-order valence-corrected chi connectivity index (χ4v) is 3.65. The first-order valence-electron chi connectivity index (χ1n) is 10.2. The topological polar surface area (TPSA) is 95.0 Å². The van der Waals surface area contributed by atoms with Crippen molar-refractivity contribution in [1.29, 1.82) is 0 Å². The zero-order chi connectivity index (χ0) is 22.3. The molecule has 0 fully saturated rings. The fourth-order valence-electron chi connectivity index (χ4n) is 3.65. The Hall–Kier alpha value is -3.68. The summed E-state index contributed by atoms with van der Waals surface area (Å²) in [6, 6.07) is 11.2. The summed E-state index contributed by atoms with van der Waals surface area (Å²) >= 11 is 0. The predicted molar refractivity (Wildman–Crippen MR) is 119 cm³/mol. The van der Waals surface area contributed by atoms with Crippen molar-refractivity contribution < 1.29 is 9.32 Å². The number of hydrogen-bond acceptors (Lipinski definition) is 5. The molecule has 0 saturated carbocycles. The number of fused-ring (bicyclic) bond motifs is 1. The molecule has 2 heterocycles. The Labute approximate surface area is 179 Å². The number of amides is 1. The lowest BCUT2D eigenvalue weighted by Crippen LogP contribution is -2.30. The molecular formula is C23H25N5O3. The number of aryl methyl sites for hydroxylation is 3. The summed E-state index contributed by atoms with van der Waals surface area (Å²) in [5, 5.41) is 6.85. The summed E-state index contributed by atoms with van der Waals surface area (Å²) in [6.07, 6.45) is 0. The smallest absolute Gasteiger partial charge is 0.329 e. The van der Waals surface area contributed by atoms with Crippen LogP contribution in [0.25, 0.3) is 22.4 Å². The first-order valence-corrected chi connectivity index (χ1v) is 10.2. The van der Waals surface area contributed by atoms with Crippen LogP contribution in [0.1, 0.15) is 36.9 Å². The second-order valence-corrected chi connectivity index (χ2v) is 8.02. The SMILES string of the molecule is Cc1nc(-c2ccc3c(c2)n(CC(=O)Nc2ccc(C)c(C)c2)c(=O)n3C(C)C)no1. The molecule has 0 aliphatic carbocycles. The van der Waals surface area contributed by atoms with E-state index in [-0.39, 0.29) is 24.2 Å². The van der Waals surface area contributed by atoms with Crippen molar-refractivity contribution in [2.75, 3.05) is 5.32 Å². The van der Waals surface area contributed by atoms with Gasteiger partial charge in [0.25, 0.3) is 0 Å². The number of hydrogen-bond donors (Lipinski definition) is 1. The van der Waals surface area contributed by atoms with E-state index in [0.717, 1.165) is 16.6 Å². The largest absolute Gasteiger partial charge is 0.339 e. The average Bonchev–Trinajstić information content (AvgIpc) is 3.26. The lowest BCUT2D eigenvalue weighted by atomic mass is 10.1. The van der Waals surface area contributed by atoms with Gasteiger partial charge in [0.1, 0.15) is 6.54 Å². The first-order chi connectivity index (χ1) is 14.7. The second kappa shape index (κ2) is 7.86. The van der Waals surface area contributed by atoms with Crippen LogP contribution < -0.4 is 11.0 Å². The third-order valence-electron chi connectivity index (χ3n) is 5.36. The van der Waals surface area contributed by atoms with Crippen molar-refractivity contribution in [3.8, 4) is 11.4 Å². The van der Waals surface area contributed by atoms with E-state index in [0.29, 0.717) is 28.5 Å². The fraction of sp³-hybridized carbons (Fsp3) is 0.304. The monoisotopic (exact) mass is 419 g/mol. The number of nitrogens with one attached hydrogen (secondary N) is 1. The Morgan fingerprint density at radius 1 is 1.06 bits per heavy atom. The Morgan fingerprint density at radius 2 is 1.84 bits per heavy atom. The van der Waals surface area contributed by atoms with Gasteiger partial charge in [-0.1, -0.05) is 11.2 Å². The Bertz CT molecular complexity index is 1340. The molecule has 0 aliphatic rings. The van der Waals surface area contributed by atoms with Crippen molar-refractivity contribution >= 4 is 22.6 Å². The molecule has 0 spiro atoms. The number of anilines is 1. The van der Waals surface area contributed by atoms with Crippen molar-refractivity contribution in [1.82, 2.24) is 19.3 Å². The zero-order valence-corrected chi connectivity index (χ0v) is 18.3. The molecule has 0 atom stereocenters. The summed E-state index contributed by atoms with van der Waals surface area (Å²) in [6.45, 7) is 9.51. The summed E-state index contributed by atoms with van der Waals surface area (Å²) < 4.78 is 8.25. The molecule has 4 aromatic rings. The van der Waals surface area contributed by atoms with Gasteiger partial charge in [-0.15, -0.1) is 0 Å². The number of nitrogens with zero attached hydrogens (tertiary/aromatic N) is 4. The minimum Gasteiger partial charge on any atom is -0.339 e. The highest BCUT2D eigenvalue weighted by Crippen LogP contribution is 2.24. The van der Waals surface area contributed by atoms with Gasteiger partial charge in [0.05, 0.1) is 11.0 Å². The standard InChI is InChI=1S/C23H25N5O3/c1-13(2)28-19-9-7-17(22-24-16(5)31-26-22)11-20(19)27(23(28)30)12-21(29)25-18-8-6-14(3)15(4)10-18/h6-11,13H,12H2,1-5H3,(H,25,29). The number of aromatic nitrogens is 4. The van der Waals surface area contributed by atoms with Gasteiger partial charge in [0, 0.05) is 24.2 Å². The van der Waals surface area contributed by atoms with Crippen LogP contribution in [-0.2, 0) is 11.3 Å². The molecule has 2 aromatic heterocycles. The van der Waals surface area contributed by atoms with E-state index >= 15 is 0 Å². The predicted octanol–water partition coefficient (Wildman–Crippen LogP) is 4.00. The maximum Gasteiger partial charge on any atom is 0.329 e. The summed E-state index contributed by atoms with van der Waals surface area (Å²) in [5.41, 5.74) is 4.83. The van der Waals surface area contributed by atoms with Gasteiger partial charge in [-0.25, -0.2) is 4.79 Å². The third-order valence-corrected chi connectivity index (χ3v) is 5.36. The van der Waals surface area contributed by atoms with Gasteiger partial charge in [-0.05, 0) is 69.2 Å². The maximum absolute atomic E-state index is 13.2. The molecule has 1 N–H and O–H groups in total. The molecule has 160 valence electrons. The van der Waals surface area contributed by atoms with E-state index in [1.807, 2.05) is 64.1 Å². The van der Waals surface area contributed by atoms with E-state index in [4.69, 9.17) is 4.52 Å². The van der Waals surface area contributed by atoms with Crippen molar-refractivity contribution in [3.63, 3.8) is 0 Å². The number of imidazole rings is 1. The summed E-state index contributed by atoms with van der Waals surface area (Å²) in [4.78, 5) is 30.2. The van der Waals surface area contributed by atoms with Crippen LogP contribution in [0.15, 0.2) is 45.7 Å². The van der Waals surface area contributed by atoms with Crippen LogP contribution in [0.4, 0.5) is 5.69 Å². The molecule has 8 nitrogen and oxygen atoms in total. The Morgan fingerprint density at radius 3 is 2.48 bits per heavy atom. The van der Waals surface area contributed by atoms with E-state index in [9.17, 15) is 9.59 Å². The summed E-state index contributed by atoms with van der Waals surface area (Å²) in [7, 11) is 0. The summed E-state index contributed by atoms with van der Waals surface area (Å²) in [5.74, 6) is 0.629. The number of benzene rings is 2. The van der Waals surface area contributed by atoms with Gasteiger partial charge in [-0.2, -0.15) is 4.98 Å². The van der Waals surface area contributed by atoms with Gasteiger partial charge >= 0.3 is 5.69 Å².